The molecular formula is C16H17F5O4S. The fourth-order valence-corrected chi connectivity index (χ4v) is 4.91. The second-order valence-corrected chi connectivity index (χ2v) is 8.76. The van der Waals surface area contributed by atoms with Gasteiger partial charge in [-0.15, -0.1) is 0 Å². The maximum absolute atomic E-state index is 14.0. The van der Waals surface area contributed by atoms with Crippen LogP contribution in [0.5, 0.6) is 0 Å². The standard InChI is InChI=1S/C16H17F5O4S/c17-15(18)7-11-10(8-2-1-3-9(22)6-8)4-5-12(13(11)14(15)23)26(24,25)16(19,20)21/h4-5,8-9,14,22-23H,1-3,6-7H2/t8?,9-,14+/m1/s1. The summed E-state index contributed by atoms with van der Waals surface area (Å²) >= 11 is 0. The van der Waals surface area contributed by atoms with Crippen molar-refractivity contribution < 1.29 is 40.6 Å². The lowest BCUT2D eigenvalue weighted by molar-refractivity contribution is -0.0978. The number of hydrogen-bond donors (Lipinski definition) is 2. The molecule has 1 aromatic carbocycles. The smallest absolute Gasteiger partial charge is 0.393 e. The van der Waals surface area contributed by atoms with Gasteiger partial charge in [0.15, 0.2) is 0 Å². The second-order valence-electron chi connectivity index (χ2n) is 6.85. The van der Waals surface area contributed by atoms with E-state index in [1.165, 1.54) is 0 Å². The van der Waals surface area contributed by atoms with Gasteiger partial charge in [0.1, 0.15) is 6.10 Å². The van der Waals surface area contributed by atoms with Crippen LogP contribution in [0.25, 0.3) is 0 Å². The van der Waals surface area contributed by atoms with E-state index in [4.69, 9.17) is 0 Å². The molecule has 1 fully saturated rings. The van der Waals surface area contributed by atoms with E-state index in [9.17, 15) is 40.6 Å². The lowest BCUT2D eigenvalue weighted by Gasteiger charge is -2.28. The predicted molar refractivity (Wildman–Crippen MR) is 80.5 cm³/mol. The normalized spacial score (nSPS) is 28.8. The van der Waals surface area contributed by atoms with Crippen LogP contribution in [0.15, 0.2) is 17.0 Å². The minimum Gasteiger partial charge on any atom is -0.393 e. The zero-order chi connectivity index (χ0) is 19.5. The van der Waals surface area contributed by atoms with Gasteiger partial charge >= 0.3 is 5.51 Å². The summed E-state index contributed by atoms with van der Waals surface area (Å²) in [4.78, 5) is -1.33. The molecule has 0 bridgehead atoms. The summed E-state index contributed by atoms with van der Waals surface area (Å²) in [6.07, 6.45) is -2.38. The van der Waals surface area contributed by atoms with Crippen molar-refractivity contribution in [1.82, 2.24) is 0 Å². The molecule has 4 nitrogen and oxygen atoms in total. The predicted octanol–water partition coefficient (Wildman–Crippen LogP) is 3.22. The zero-order valence-electron chi connectivity index (χ0n) is 13.4. The van der Waals surface area contributed by atoms with Crippen LogP contribution >= 0.6 is 0 Å². The summed E-state index contributed by atoms with van der Waals surface area (Å²) in [5.41, 5.74) is -6.52. The number of halogens is 5. The van der Waals surface area contributed by atoms with Crippen LogP contribution in [0.2, 0.25) is 0 Å². The number of benzene rings is 1. The lowest BCUT2D eigenvalue weighted by Crippen LogP contribution is -2.27. The van der Waals surface area contributed by atoms with Gasteiger partial charge in [0.2, 0.25) is 0 Å². The molecule has 1 unspecified atom stereocenters. The number of sulfone groups is 1. The van der Waals surface area contributed by atoms with Crippen molar-refractivity contribution in [3.63, 3.8) is 0 Å². The monoisotopic (exact) mass is 400 g/mol. The number of aliphatic hydroxyl groups excluding tert-OH is 2. The molecule has 2 N–H and O–H groups in total. The summed E-state index contributed by atoms with van der Waals surface area (Å²) < 4.78 is 90.4. The molecular weight excluding hydrogens is 383 g/mol. The summed E-state index contributed by atoms with van der Waals surface area (Å²) in [6, 6.07) is 1.75. The zero-order valence-corrected chi connectivity index (χ0v) is 14.2. The fourth-order valence-electron chi connectivity index (χ4n) is 3.89. The first-order valence-electron chi connectivity index (χ1n) is 8.07. The van der Waals surface area contributed by atoms with Crippen LogP contribution in [-0.2, 0) is 16.3 Å². The highest BCUT2D eigenvalue weighted by atomic mass is 32.2. The molecule has 146 valence electrons. The van der Waals surface area contributed by atoms with Crippen LogP contribution in [0.1, 0.15) is 54.4 Å². The topological polar surface area (TPSA) is 74.6 Å². The van der Waals surface area contributed by atoms with Gasteiger partial charge in [-0.05, 0) is 42.4 Å². The van der Waals surface area contributed by atoms with Gasteiger partial charge in [0.25, 0.3) is 15.8 Å². The van der Waals surface area contributed by atoms with Crippen molar-refractivity contribution in [2.45, 2.75) is 66.6 Å². The third kappa shape index (κ3) is 3.01. The summed E-state index contributed by atoms with van der Waals surface area (Å²) in [5.74, 6) is -4.14. The van der Waals surface area contributed by atoms with E-state index in [0.717, 1.165) is 6.07 Å². The largest absolute Gasteiger partial charge is 0.501 e. The van der Waals surface area contributed by atoms with Crippen molar-refractivity contribution in [1.29, 1.82) is 0 Å². The van der Waals surface area contributed by atoms with Crippen LogP contribution in [0.3, 0.4) is 0 Å². The van der Waals surface area contributed by atoms with Gasteiger partial charge in [0.05, 0.1) is 11.0 Å². The fraction of sp³-hybridized carbons (Fsp3) is 0.625. The SMILES string of the molecule is O=S(=O)(c1ccc(C2CCC[C@@H](O)C2)c2c1[C@H](O)C(F)(F)C2)C(F)(F)F. The first-order chi connectivity index (χ1) is 11.9. The van der Waals surface area contributed by atoms with Crippen molar-refractivity contribution in [2.24, 2.45) is 0 Å². The maximum Gasteiger partial charge on any atom is 0.501 e. The number of alkyl halides is 5. The van der Waals surface area contributed by atoms with E-state index in [-0.39, 0.29) is 23.5 Å². The first-order valence-corrected chi connectivity index (χ1v) is 9.55. The van der Waals surface area contributed by atoms with E-state index in [1.807, 2.05) is 0 Å². The molecule has 0 amide bonds. The molecule has 2 aliphatic rings. The number of rotatable bonds is 2. The molecule has 1 saturated carbocycles. The Kier molecular flexibility index (Phi) is 4.60. The molecule has 3 atom stereocenters. The molecule has 2 aliphatic carbocycles. The highest BCUT2D eigenvalue weighted by molar-refractivity contribution is 7.92. The van der Waals surface area contributed by atoms with Crippen LogP contribution < -0.4 is 0 Å². The first kappa shape index (κ1) is 19.5. The van der Waals surface area contributed by atoms with Gasteiger partial charge < -0.3 is 10.2 Å². The Bertz CT molecular complexity index is 819. The minimum atomic E-state index is -5.89. The summed E-state index contributed by atoms with van der Waals surface area (Å²) in [5, 5.41) is 19.7. The van der Waals surface area contributed by atoms with Gasteiger partial charge in [-0.2, -0.15) is 13.2 Å². The average Bonchev–Trinajstić information content (AvgIpc) is 2.75. The summed E-state index contributed by atoms with van der Waals surface area (Å²) in [6.45, 7) is 0. The second kappa shape index (κ2) is 6.13. The molecule has 0 aliphatic heterocycles. The van der Waals surface area contributed by atoms with E-state index >= 15 is 0 Å². The van der Waals surface area contributed by atoms with Gasteiger partial charge in [-0.1, -0.05) is 12.5 Å². The highest BCUT2D eigenvalue weighted by Gasteiger charge is 2.55. The van der Waals surface area contributed by atoms with Crippen LogP contribution in [0, 0.1) is 0 Å². The summed E-state index contributed by atoms with van der Waals surface area (Å²) in [7, 11) is -5.89. The minimum absolute atomic E-state index is 0.249. The van der Waals surface area contributed by atoms with Gasteiger partial charge in [-0.25, -0.2) is 17.2 Å². The molecule has 0 spiro atoms. The van der Waals surface area contributed by atoms with Crippen molar-refractivity contribution in [3.05, 3.63) is 28.8 Å². The van der Waals surface area contributed by atoms with E-state index in [0.29, 0.717) is 25.3 Å². The molecule has 26 heavy (non-hydrogen) atoms. The molecule has 0 aromatic heterocycles. The Labute approximate surface area is 146 Å². The number of fused-ring (bicyclic) bond motifs is 1. The maximum atomic E-state index is 14.0. The lowest BCUT2D eigenvalue weighted by atomic mass is 9.80. The Hall–Kier alpha value is -1.26. The van der Waals surface area contributed by atoms with Gasteiger partial charge in [-0.3, -0.25) is 0 Å². The Morgan fingerprint density at radius 3 is 2.35 bits per heavy atom. The van der Waals surface area contributed by atoms with Crippen molar-refractivity contribution in [2.75, 3.05) is 0 Å². The molecule has 10 heteroatoms. The van der Waals surface area contributed by atoms with E-state index in [2.05, 4.69) is 0 Å². The number of aliphatic hydroxyl groups is 2. The molecule has 0 saturated heterocycles. The van der Waals surface area contributed by atoms with Crippen LogP contribution in [0.4, 0.5) is 22.0 Å². The molecule has 1 aromatic rings. The average molecular weight is 400 g/mol. The third-order valence-corrected chi connectivity index (χ3v) is 6.66. The van der Waals surface area contributed by atoms with Crippen molar-refractivity contribution in [3.8, 4) is 0 Å². The molecule has 3 rings (SSSR count). The van der Waals surface area contributed by atoms with E-state index in [1.54, 1.807) is 0 Å². The van der Waals surface area contributed by atoms with E-state index < -0.39 is 50.4 Å². The third-order valence-electron chi connectivity index (χ3n) is 5.12. The van der Waals surface area contributed by atoms with Gasteiger partial charge in [0, 0.05) is 12.0 Å². The Morgan fingerprint density at radius 1 is 1.12 bits per heavy atom. The quantitative estimate of drug-likeness (QED) is 0.748. The molecule has 0 heterocycles. The van der Waals surface area contributed by atoms with Crippen LogP contribution in [-0.4, -0.2) is 36.2 Å². The Balaban J connectivity index is 2.19. The number of hydrogen-bond acceptors (Lipinski definition) is 4. The molecule has 0 radical (unpaired) electrons. The Morgan fingerprint density at radius 2 is 1.77 bits per heavy atom. The van der Waals surface area contributed by atoms with Crippen molar-refractivity contribution >= 4 is 9.84 Å². The highest BCUT2D eigenvalue weighted by Crippen LogP contribution is 2.51.